The molecule has 1 heterocycles. The third kappa shape index (κ3) is 2.30. The summed E-state index contributed by atoms with van der Waals surface area (Å²) in [7, 11) is 0. The summed E-state index contributed by atoms with van der Waals surface area (Å²) >= 11 is 1.72. The predicted octanol–water partition coefficient (Wildman–Crippen LogP) is 6.09. The number of benzene rings is 3. The van der Waals surface area contributed by atoms with Gasteiger partial charge in [-0.2, -0.15) is 0 Å². The first-order valence-corrected chi connectivity index (χ1v) is 8.93. The molecule has 0 N–H and O–H groups in total. The lowest BCUT2D eigenvalue weighted by Gasteiger charge is -2.15. The van der Waals surface area contributed by atoms with Crippen molar-refractivity contribution in [3.63, 3.8) is 0 Å². The Morgan fingerprint density at radius 3 is 2.30 bits per heavy atom. The molecule has 0 spiro atoms. The highest BCUT2D eigenvalue weighted by Crippen LogP contribution is 2.37. The summed E-state index contributed by atoms with van der Waals surface area (Å²) < 4.78 is 0. The fourth-order valence-electron chi connectivity index (χ4n) is 3.25. The van der Waals surface area contributed by atoms with Crippen molar-refractivity contribution in [2.75, 3.05) is 6.26 Å². The molecule has 0 bridgehead atoms. The summed E-state index contributed by atoms with van der Waals surface area (Å²) in [4.78, 5) is 4.97. The molecule has 3 aromatic carbocycles. The second-order valence-corrected chi connectivity index (χ2v) is 6.46. The Hall–Kier alpha value is -2.32. The van der Waals surface area contributed by atoms with Crippen molar-refractivity contribution in [2.24, 2.45) is 0 Å². The van der Waals surface area contributed by atoms with Crippen LogP contribution in [0.5, 0.6) is 0 Å². The molecule has 4 aromatic rings. The summed E-state index contributed by atoms with van der Waals surface area (Å²) in [5, 5.41) is 4.79. The zero-order chi connectivity index (χ0) is 15.8. The average molecular weight is 315 g/mol. The smallest absolute Gasteiger partial charge is 0.100 e. The third-order valence-corrected chi connectivity index (χ3v) is 5.12. The summed E-state index contributed by atoms with van der Waals surface area (Å²) in [5.41, 5.74) is 4.90. The molecule has 4 rings (SSSR count). The Balaban J connectivity index is 2.20. The number of hydrogen-bond acceptors (Lipinski definition) is 2. The zero-order valence-electron chi connectivity index (χ0n) is 13.2. The van der Waals surface area contributed by atoms with Crippen LogP contribution in [-0.2, 0) is 0 Å². The molecular weight excluding hydrogens is 298 g/mol. The van der Waals surface area contributed by atoms with E-state index in [9.17, 15) is 0 Å². The van der Waals surface area contributed by atoms with Gasteiger partial charge in [0.1, 0.15) is 5.03 Å². The molecule has 0 saturated carbocycles. The summed E-state index contributed by atoms with van der Waals surface area (Å²) in [6.07, 6.45) is 2.10. The van der Waals surface area contributed by atoms with E-state index in [4.69, 9.17) is 4.98 Å². The second kappa shape index (κ2) is 5.71. The maximum absolute atomic E-state index is 4.97. The zero-order valence-corrected chi connectivity index (χ0v) is 14.0. The number of pyridine rings is 1. The number of aromatic nitrogens is 1. The first-order valence-electron chi connectivity index (χ1n) is 7.71. The van der Waals surface area contributed by atoms with E-state index >= 15 is 0 Å². The van der Waals surface area contributed by atoms with Crippen molar-refractivity contribution in [3.8, 4) is 11.1 Å². The Morgan fingerprint density at radius 1 is 0.783 bits per heavy atom. The highest BCUT2D eigenvalue weighted by atomic mass is 32.2. The predicted molar refractivity (Wildman–Crippen MR) is 101 cm³/mol. The first-order chi connectivity index (χ1) is 11.3. The van der Waals surface area contributed by atoms with E-state index in [0.717, 1.165) is 10.5 Å². The monoisotopic (exact) mass is 315 g/mol. The number of fused-ring (bicyclic) bond motifs is 3. The molecule has 0 unspecified atom stereocenters. The van der Waals surface area contributed by atoms with Crippen LogP contribution < -0.4 is 0 Å². The molecule has 0 aliphatic heterocycles. The average Bonchev–Trinajstić information content (AvgIpc) is 2.61. The van der Waals surface area contributed by atoms with Gasteiger partial charge in [-0.05, 0) is 35.3 Å². The van der Waals surface area contributed by atoms with E-state index in [1.165, 1.54) is 32.8 Å². The summed E-state index contributed by atoms with van der Waals surface area (Å²) in [5.74, 6) is 0. The number of thioether (sulfide) groups is 1. The summed E-state index contributed by atoms with van der Waals surface area (Å²) in [6, 6.07) is 23.5. The van der Waals surface area contributed by atoms with Gasteiger partial charge in [-0.25, -0.2) is 4.98 Å². The molecule has 112 valence electrons. The van der Waals surface area contributed by atoms with Gasteiger partial charge in [-0.15, -0.1) is 11.8 Å². The lowest BCUT2D eigenvalue weighted by atomic mass is 9.95. The number of hydrogen-bond donors (Lipinski definition) is 0. The topological polar surface area (TPSA) is 12.9 Å². The Kier molecular flexibility index (Phi) is 3.55. The van der Waals surface area contributed by atoms with Crippen LogP contribution in [0.2, 0.25) is 0 Å². The molecule has 0 saturated heterocycles. The van der Waals surface area contributed by atoms with E-state index in [1.54, 1.807) is 11.8 Å². The molecule has 23 heavy (non-hydrogen) atoms. The van der Waals surface area contributed by atoms with Gasteiger partial charge in [0.15, 0.2) is 0 Å². The lowest BCUT2D eigenvalue weighted by Crippen LogP contribution is -1.94. The van der Waals surface area contributed by atoms with Crippen LogP contribution in [0.15, 0.2) is 71.8 Å². The minimum Gasteiger partial charge on any atom is -0.241 e. The molecule has 1 aromatic heterocycles. The Morgan fingerprint density at radius 2 is 1.52 bits per heavy atom. The van der Waals surface area contributed by atoms with Gasteiger partial charge in [-0.1, -0.05) is 66.7 Å². The molecule has 0 atom stereocenters. The highest BCUT2D eigenvalue weighted by molar-refractivity contribution is 7.98. The van der Waals surface area contributed by atoms with Crippen LogP contribution in [0.25, 0.3) is 32.8 Å². The Bertz CT molecular complexity index is 1010. The fraction of sp³-hybridized carbons (Fsp3) is 0.0952. The standard InChI is InChI=1S/C21H17NS/c1-14-19(16-9-4-3-5-10-16)18-13-12-15-8-6-7-11-17(15)20(18)22-21(14)23-2/h3-13H,1-2H3. The van der Waals surface area contributed by atoms with Crippen LogP contribution in [0.1, 0.15) is 5.56 Å². The van der Waals surface area contributed by atoms with Gasteiger partial charge < -0.3 is 0 Å². The van der Waals surface area contributed by atoms with Crippen LogP contribution in [0, 0.1) is 6.92 Å². The van der Waals surface area contributed by atoms with Gasteiger partial charge in [0.25, 0.3) is 0 Å². The van der Waals surface area contributed by atoms with E-state index < -0.39 is 0 Å². The van der Waals surface area contributed by atoms with E-state index in [2.05, 4.69) is 79.9 Å². The Labute approximate surface area is 140 Å². The van der Waals surface area contributed by atoms with Gasteiger partial charge >= 0.3 is 0 Å². The molecule has 0 fully saturated rings. The van der Waals surface area contributed by atoms with Crippen LogP contribution in [0.4, 0.5) is 0 Å². The van der Waals surface area contributed by atoms with Crippen LogP contribution in [0.3, 0.4) is 0 Å². The van der Waals surface area contributed by atoms with Gasteiger partial charge in [0, 0.05) is 10.8 Å². The van der Waals surface area contributed by atoms with Crippen LogP contribution >= 0.6 is 11.8 Å². The van der Waals surface area contributed by atoms with Gasteiger partial charge in [0.2, 0.25) is 0 Å². The van der Waals surface area contributed by atoms with Gasteiger partial charge in [0.05, 0.1) is 5.52 Å². The second-order valence-electron chi connectivity index (χ2n) is 5.67. The third-order valence-electron chi connectivity index (χ3n) is 4.33. The van der Waals surface area contributed by atoms with Crippen molar-refractivity contribution in [1.29, 1.82) is 0 Å². The molecule has 1 nitrogen and oxygen atoms in total. The minimum absolute atomic E-state index is 1.09. The first kappa shape index (κ1) is 14.3. The van der Waals surface area contributed by atoms with Gasteiger partial charge in [-0.3, -0.25) is 0 Å². The molecule has 0 radical (unpaired) electrons. The largest absolute Gasteiger partial charge is 0.241 e. The van der Waals surface area contributed by atoms with Crippen molar-refractivity contribution >= 4 is 33.4 Å². The number of nitrogens with zero attached hydrogens (tertiary/aromatic N) is 1. The van der Waals surface area contributed by atoms with Crippen molar-refractivity contribution in [2.45, 2.75) is 11.9 Å². The van der Waals surface area contributed by atoms with Crippen molar-refractivity contribution in [3.05, 3.63) is 72.3 Å². The molecule has 0 amide bonds. The molecule has 2 heteroatoms. The van der Waals surface area contributed by atoms with E-state index in [-0.39, 0.29) is 0 Å². The van der Waals surface area contributed by atoms with Crippen molar-refractivity contribution < 1.29 is 0 Å². The summed E-state index contributed by atoms with van der Waals surface area (Å²) in [6.45, 7) is 2.18. The fourth-order valence-corrected chi connectivity index (χ4v) is 3.84. The highest BCUT2D eigenvalue weighted by Gasteiger charge is 2.14. The molecule has 0 aliphatic carbocycles. The lowest BCUT2D eigenvalue weighted by molar-refractivity contribution is 1.14. The number of rotatable bonds is 2. The SMILES string of the molecule is CSc1nc2c(ccc3ccccc32)c(-c2ccccc2)c1C. The van der Waals surface area contributed by atoms with Crippen LogP contribution in [-0.4, -0.2) is 11.2 Å². The van der Waals surface area contributed by atoms with Crippen molar-refractivity contribution in [1.82, 2.24) is 4.98 Å². The molecule has 0 aliphatic rings. The quantitative estimate of drug-likeness (QED) is 0.328. The van der Waals surface area contributed by atoms with E-state index in [0.29, 0.717) is 0 Å². The normalized spacial score (nSPS) is 11.2. The minimum atomic E-state index is 1.09. The van der Waals surface area contributed by atoms with E-state index in [1.807, 2.05) is 0 Å². The maximum atomic E-state index is 4.97. The molecular formula is C21H17NS. The maximum Gasteiger partial charge on any atom is 0.100 e.